The summed E-state index contributed by atoms with van der Waals surface area (Å²) in [6.45, 7) is 3.79. The minimum atomic E-state index is -4.40. The summed E-state index contributed by atoms with van der Waals surface area (Å²) in [7, 11) is 0. The lowest BCUT2D eigenvalue weighted by Crippen LogP contribution is -2.62. The molecule has 2 aromatic rings. The molecule has 1 unspecified atom stereocenters. The molecular weight excluding hydrogens is 433 g/mol. The Labute approximate surface area is 191 Å². The van der Waals surface area contributed by atoms with Crippen LogP contribution in [0.4, 0.5) is 13.2 Å². The molecule has 2 aliphatic rings. The normalized spacial score (nSPS) is 23.9. The number of amides is 1. The Kier molecular flexibility index (Phi) is 6.10. The van der Waals surface area contributed by atoms with Crippen LogP contribution in [0, 0.1) is 18.3 Å². The van der Waals surface area contributed by atoms with Crippen molar-refractivity contribution in [3.63, 3.8) is 0 Å². The van der Waals surface area contributed by atoms with Gasteiger partial charge in [0.1, 0.15) is 0 Å². The highest BCUT2D eigenvalue weighted by Gasteiger charge is 2.56. The molecule has 2 heterocycles. The van der Waals surface area contributed by atoms with Gasteiger partial charge in [-0.05, 0) is 43.7 Å². The molecule has 1 spiro atoms. The number of likely N-dealkylation sites (tertiary alicyclic amines) is 1. The molecule has 5 nitrogen and oxygen atoms in total. The Balaban J connectivity index is 1.60. The molecule has 1 amide bonds. The highest BCUT2D eigenvalue weighted by Crippen LogP contribution is 2.51. The molecule has 0 radical (unpaired) electrons. The van der Waals surface area contributed by atoms with E-state index < -0.39 is 35.4 Å². The van der Waals surface area contributed by atoms with Crippen molar-refractivity contribution in [2.45, 2.75) is 70.7 Å². The van der Waals surface area contributed by atoms with Crippen molar-refractivity contribution < 1.29 is 23.1 Å². The molecule has 1 aromatic heterocycles. The average Bonchev–Trinajstić information content (AvgIpc) is 3.20. The zero-order valence-electron chi connectivity index (χ0n) is 19.1. The predicted octanol–water partition coefficient (Wildman–Crippen LogP) is 4.42. The number of hydrogen-bond acceptors (Lipinski definition) is 3. The number of halogens is 3. The van der Waals surface area contributed by atoms with Crippen molar-refractivity contribution in [2.24, 2.45) is 11.3 Å². The third-order valence-corrected chi connectivity index (χ3v) is 7.67. The number of carbonyl (C=O) groups is 1. The van der Waals surface area contributed by atoms with Crippen molar-refractivity contribution in [3.05, 3.63) is 46.4 Å². The average molecular weight is 465 g/mol. The monoisotopic (exact) mass is 464 g/mol. The van der Waals surface area contributed by atoms with Crippen molar-refractivity contribution >= 4 is 16.7 Å². The van der Waals surface area contributed by atoms with E-state index in [1.165, 1.54) is 11.8 Å². The van der Waals surface area contributed by atoms with Crippen LogP contribution in [-0.4, -0.2) is 45.3 Å². The number of hydrogen-bond donors (Lipinski definition) is 1. The maximum Gasteiger partial charge on any atom is 0.389 e. The fourth-order valence-electron chi connectivity index (χ4n) is 5.85. The van der Waals surface area contributed by atoms with Crippen LogP contribution in [-0.2, 0) is 11.3 Å². The van der Waals surface area contributed by atoms with Gasteiger partial charge >= 0.3 is 6.18 Å². The van der Waals surface area contributed by atoms with Crippen LogP contribution in [0.25, 0.3) is 10.8 Å². The van der Waals surface area contributed by atoms with Gasteiger partial charge in [0.15, 0.2) is 0 Å². The van der Waals surface area contributed by atoms with Crippen LogP contribution in [0.15, 0.2) is 35.3 Å². The zero-order chi connectivity index (χ0) is 24.0. The molecule has 1 saturated heterocycles. The quantitative estimate of drug-likeness (QED) is 0.729. The van der Waals surface area contributed by atoms with Crippen LogP contribution < -0.4 is 5.56 Å². The second-order valence-electron chi connectivity index (χ2n) is 10.1. The van der Waals surface area contributed by atoms with E-state index in [4.69, 9.17) is 0 Å². The summed E-state index contributed by atoms with van der Waals surface area (Å²) in [6, 6.07) is 7.49. The van der Waals surface area contributed by atoms with Gasteiger partial charge in [-0.1, -0.05) is 37.5 Å². The zero-order valence-corrected chi connectivity index (χ0v) is 19.1. The second-order valence-corrected chi connectivity index (χ2v) is 10.1. The van der Waals surface area contributed by atoms with Gasteiger partial charge in [0.25, 0.3) is 5.56 Å². The Morgan fingerprint density at radius 1 is 1.18 bits per heavy atom. The van der Waals surface area contributed by atoms with E-state index in [-0.39, 0.29) is 31.6 Å². The molecule has 2 fully saturated rings. The Morgan fingerprint density at radius 3 is 2.55 bits per heavy atom. The lowest BCUT2D eigenvalue weighted by atomic mass is 9.65. The number of carbonyl (C=O) groups excluding carboxylic acids is 1. The van der Waals surface area contributed by atoms with Crippen LogP contribution in [0.2, 0.25) is 0 Å². The Bertz CT molecular complexity index is 1100. The molecule has 1 saturated carbocycles. The summed E-state index contributed by atoms with van der Waals surface area (Å²) in [5.41, 5.74) is -0.956. The van der Waals surface area contributed by atoms with Crippen molar-refractivity contribution in [3.8, 4) is 0 Å². The lowest BCUT2D eigenvalue weighted by Gasteiger charge is -2.52. The number of pyridine rings is 1. The largest absolute Gasteiger partial charge is 0.389 e. The van der Waals surface area contributed by atoms with Gasteiger partial charge < -0.3 is 14.6 Å². The molecule has 180 valence electrons. The maximum atomic E-state index is 13.1. The highest BCUT2D eigenvalue weighted by atomic mass is 19.4. The first-order valence-corrected chi connectivity index (χ1v) is 11.6. The van der Waals surface area contributed by atoms with E-state index in [9.17, 15) is 27.9 Å². The fraction of sp³-hybridized carbons (Fsp3) is 0.600. The van der Waals surface area contributed by atoms with E-state index in [0.29, 0.717) is 18.2 Å². The van der Waals surface area contributed by atoms with Crippen molar-refractivity contribution in [1.82, 2.24) is 9.47 Å². The summed E-state index contributed by atoms with van der Waals surface area (Å²) in [5.74, 6) is -1.67. The SMILES string of the molecule is Cc1ccc2c(=O)n(CC3(O)CCN(C(=O)[C@H](C)CC(F)(F)F)CC34CCCC4)ccc2c1. The molecular formula is C25H31F3N2O3. The van der Waals surface area contributed by atoms with Crippen molar-refractivity contribution in [1.29, 1.82) is 0 Å². The molecule has 1 N–H and O–H groups in total. The highest BCUT2D eigenvalue weighted by molar-refractivity contribution is 5.82. The van der Waals surface area contributed by atoms with Crippen molar-refractivity contribution in [2.75, 3.05) is 13.1 Å². The number of alkyl halides is 3. The molecule has 2 atom stereocenters. The molecule has 8 heteroatoms. The summed E-state index contributed by atoms with van der Waals surface area (Å²) in [5, 5.41) is 13.3. The number of fused-ring (bicyclic) bond motifs is 1. The summed E-state index contributed by atoms with van der Waals surface area (Å²) in [4.78, 5) is 27.4. The van der Waals surface area contributed by atoms with E-state index in [2.05, 4.69) is 0 Å². The smallest absolute Gasteiger partial charge is 0.387 e. The summed E-state index contributed by atoms with van der Waals surface area (Å²) >= 11 is 0. The van der Waals surface area contributed by atoms with E-state index in [1.54, 1.807) is 16.8 Å². The topological polar surface area (TPSA) is 62.5 Å². The second kappa shape index (κ2) is 8.46. The minimum Gasteiger partial charge on any atom is -0.387 e. The number of benzene rings is 1. The van der Waals surface area contributed by atoms with Gasteiger partial charge in [0, 0.05) is 36.0 Å². The number of aliphatic hydroxyl groups is 1. The van der Waals surface area contributed by atoms with Gasteiger partial charge in [-0.15, -0.1) is 0 Å². The summed E-state index contributed by atoms with van der Waals surface area (Å²) < 4.78 is 40.0. The van der Waals surface area contributed by atoms with Gasteiger partial charge in [0.05, 0.1) is 18.6 Å². The third-order valence-electron chi connectivity index (χ3n) is 7.67. The number of aromatic nitrogens is 1. The first kappa shape index (κ1) is 23.8. The first-order chi connectivity index (χ1) is 15.4. The minimum absolute atomic E-state index is 0.107. The number of piperidine rings is 1. The van der Waals surface area contributed by atoms with E-state index in [1.807, 2.05) is 25.1 Å². The molecule has 1 aromatic carbocycles. The van der Waals surface area contributed by atoms with Crippen LogP contribution in [0.3, 0.4) is 0 Å². The molecule has 4 rings (SSSR count). The third kappa shape index (κ3) is 4.54. The lowest BCUT2D eigenvalue weighted by molar-refractivity contribution is -0.172. The molecule has 1 aliphatic carbocycles. The van der Waals surface area contributed by atoms with Gasteiger partial charge in [0.2, 0.25) is 5.91 Å². The molecule has 0 bridgehead atoms. The van der Waals surface area contributed by atoms with Crippen LogP contribution >= 0.6 is 0 Å². The predicted molar refractivity (Wildman–Crippen MR) is 120 cm³/mol. The number of aryl methyl sites for hydroxylation is 1. The van der Waals surface area contributed by atoms with Gasteiger partial charge in [-0.2, -0.15) is 13.2 Å². The Hall–Kier alpha value is -2.35. The van der Waals surface area contributed by atoms with E-state index >= 15 is 0 Å². The van der Waals surface area contributed by atoms with Crippen LogP contribution in [0.1, 0.15) is 51.0 Å². The standard InChI is InChI=1S/C25H31F3N2O3/c1-17-5-6-20-19(13-17)7-11-29(22(20)32)16-24(33)10-12-30(15-23(24)8-3-4-9-23)21(31)18(2)14-25(26,27)28/h5-7,11,13,18,33H,3-4,8-10,12,14-16H2,1-2H3/t18-,24?/m1/s1. The molecule has 1 aliphatic heterocycles. The first-order valence-electron chi connectivity index (χ1n) is 11.6. The van der Waals surface area contributed by atoms with Gasteiger partial charge in [-0.25, -0.2) is 0 Å². The maximum absolute atomic E-state index is 13.1. The van der Waals surface area contributed by atoms with E-state index in [0.717, 1.165) is 23.8 Å². The summed E-state index contributed by atoms with van der Waals surface area (Å²) in [6.07, 6.45) is -0.477. The Morgan fingerprint density at radius 2 is 1.88 bits per heavy atom. The number of nitrogens with zero attached hydrogens (tertiary/aromatic N) is 2. The van der Waals surface area contributed by atoms with Gasteiger partial charge in [-0.3, -0.25) is 9.59 Å². The fourth-order valence-corrected chi connectivity index (χ4v) is 5.85. The number of rotatable bonds is 4. The molecule has 33 heavy (non-hydrogen) atoms. The van der Waals surface area contributed by atoms with Crippen LogP contribution in [0.5, 0.6) is 0 Å².